The van der Waals surface area contributed by atoms with Crippen LogP contribution in [-0.2, 0) is 16.1 Å². The Morgan fingerprint density at radius 2 is 1.79 bits per heavy atom. The third-order valence-corrected chi connectivity index (χ3v) is 5.50. The molecule has 0 aliphatic carbocycles. The Hall–Kier alpha value is -2.64. The fourth-order valence-corrected chi connectivity index (χ4v) is 3.81. The van der Waals surface area contributed by atoms with Crippen LogP contribution in [0.5, 0.6) is 0 Å². The summed E-state index contributed by atoms with van der Waals surface area (Å²) in [4.78, 5) is 42.6. The van der Waals surface area contributed by atoms with Gasteiger partial charge in [0, 0.05) is 31.2 Å². The standard InChI is InChI=1S/C20H20ClN3O4/c21-15-5-3-14(4-6-15)13-24-18(25)12-16(19(24)26)22-7-9-23(10-8-22)20(27)17-2-1-11-28-17/h1-6,11,16H,7-10,12-13H2/t16-/m1/s1. The van der Waals surface area contributed by atoms with Crippen molar-refractivity contribution in [3.05, 3.63) is 59.0 Å². The predicted octanol–water partition coefficient (Wildman–Crippen LogP) is 2.02. The number of carbonyl (C=O) groups is 3. The highest BCUT2D eigenvalue weighted by Crippen LogP contribution is 2.23. The average molecular weight is 402 g/mol. The molecule has 2 fully saturated rings. The molecule has 2 saturated heterocycles. The van der Waals surface area contributed by atoms with Crippen molar-refractivity contribution < 1.29 is 18.8 Å². The topological polar surface area (TPSA) is 74.1 Å². The lowest BCUT2D eigenvalue weighted by atomic mass is 10.1. The smallest absolute Gasteiger partial charge is 0.289 e. The first-order valence-corrected chi connectivity index (χ1v) is 9.56. The van der Waals surface area contributed by atoms with E-state index in [4.69, 9.17) is 16.0 Å². The van der Waals surface area contributed by atoms with Crippen LogP contribution in [0.15, 0.2) is 47.1 Å². The minimum absolute atomic E-state index is 0.150. The quantitative estimate of drug-likeness (QED) is 0.733. The molecule has 3 amide bonds. The molecule has 4 rings (SSSR count). The van der Waals surface area contributed by atoms with E-state index < -0.39 is 6.04 Å². The van der Waals surface area contributed by atoms with Gasteiger partial charge in [0.15, 0.2) is 5.76 Å². The number of hydrogen-bond acceptors (Lipinski definition) is 5. The number of furan rings is 1. The number of hydrogen-bond donors (Lipinski definition) is 0. The third-order valence-electron chi connectivity index (χ3n) is 5.25. The maximum absolute atomic E-state index is 12.8. The largest absolute Gasteiger partial charge is 0.459 e. The van der Waals surface area contributed by atoms with Gasteiger partial charge in [0.25, 0.3) is 5.91 Å². The Labute approximate surface area is 167 Å². The first-order chi connectivity index (χ1) is 13.5. The van der Waals surface area contributed by atoms with Gasteiger partial charge in [-0.25, -0.2) is 0 Å². The lowest BCUT2D eigenvalue weighted by Gasteiger charge is -2.36. The summed E-state index contributed by atoms with van der Waals surface area (Å²) in [6, 6.07) is 9.98. The summed E-state index contributed by atoms with van der Waals surface area (Å²) in [6.45, 7) is 2.33. The Balaban J connectivity index is 1.36. The monoisotopic (exact) mass is 401 g/mol. The maximum atomic E-state index is 12.8. The zero-order valence-corrected chi connectivity index (χ0v) is 16.0. The molecule has 0 saturated carbocycles. The van der Waals surface area contributed by atoms with Crippen LogP contribution in [-0.4, -0.2) is 64.6 Å². The van der Waals surface area contributed by atoms with Crippen molar-refractivity contribution in [2.24, 2.45) is 0 Å². The molecule has 1 aromatic carbocycles. The number of likely N-dealkylation sites (tertiary alicyclic amines) is 1. The van der Waals surface area contributed by atoms with Crippen molar-refractivity contribution in [1.29, 1.82) is 0 Å². The van der Waals surface area contributed by atoms with E-state index in [0.29, 0.717) is 37.0 Å². The van der Waals surface area contributed by atoms with Crippen LogP contribution in [0.4, 0.5) is 0 Å². The van der Waals surface area contributed by atoms with Gasteiger partial charge in [0.1, 0.15) is 0 Å². The average Bonchev–Trinajstić information content (AvgIpc) is 3.33. The number of rotatable bonds is 4. The van der Waals surface area contributed by atoms with Gasteiger partial charge in [-0.2, -0.15) is 0 Å². The highest BCUT2D eigenvalue weighted by atomic mass is 35.5. The second-order valence-electron chi connectivity index (χ2n) is 6.97. The number of benzene rings is 1. The molecule has 3 heterocycles. The van der Waals surface area contributed by atoms with Crippen LogP contribution in [0, 0.1) is 0 Å². The van der Waals surface area contributed by atoms with Gasteiger partial charge in [-0.3, -0.25) is 24.2 Å². The number of amides is 3. The predicted molar refractivity (Wildman–Crippen MR) is 102 cm³/mol. The van der Waals surface area contributed by atoms with Gasteiger partial charge < -0.3 is 9.32 Å². The number of carbonyl (C=O) groups excluding carboxylic acids is 3. The van der Waals surface area contributed by atoms with E-state index in [1.807, 2.05) is 17.0 Å². The van der Waals surface area contributed by atoms with E-state index >= 15 is 0 Å². The molecule has 0 unspecified atom stereocenters. The molecule has 8 heteroatoms. The summed E-state index contributed by atoms with van der Waals surface area (Å²) < 4.78 is 5.17. The van der Waals surface area contributed by atoms with Crippen molar-refractivity contribution in [2.75, 3.05) is 26.2 Å². The molecule has 0 spiro atoms. The summed E-state index contributed by atoms with van der Waals surface area (Å²) in [7, 11) is 0. The van der Waals surface area contributed by atoms with Crippen molar-refractivity contribution in [3.63, 3.8) is 0 Å². The third kappa shape index (κ3) is 3.68. The molecule has 7 nitrogen and oxygen atoms in total. The SMILES string of the molecule is O=C(c1ccco1)N1CCN([C@@H]2CC(=O)N(Cc3ccc(Cl)cc3)C2=O)CC1. The summed E-state index contributed by atoms with van der Waals surface area (Å²) in [6.07, 6.45) is 1.65. The van der Waals surface area contributed by atoms with Gasteiger partial charge in [-0.15, -0.1) is 0 Å². The highest BCUT2D eigenvalue weighted by Gasteiger charge is 2.42. The minimum atomic E-state index is -0.458. The van der Waals surface area contributed by atoms with Crippen molar-refractivity contribution in [3.8, 4) is 0 Å². The zero-order valence-electron chi connectivity index (χ0n) is 15.2. The number of piperazine rings is 1. The van der Waals surface area contributed by atoms with Crippen molar-refractivity contribution in [1.82, 2.24) is 14.7 Å². The number of nitrogens with zero attached hydrogens (tertiary/aromatic N) is 3. The second-order valence-corrected chi connectivity index (χ2v) is 7.41. The van der Waals surface area contributed by atoms with Gasteiger partial charge >= 0.3 is 0 Å². The second kappa shape index (κ2) is 7.77. The Morgan fingerprint density at radius 3 is 2.43 bits per heavy atom. The summed E-state index contributed by atoms with van der Waals surface area (Å²) in [5, 5.41) is 0.614. The highest BCUT2D eigenvalue weighted by molar-refractivity contribution is 6.30. The molecule has 0 radical (unpaired) electrons. The first-order valence-electron chi connectivity index (χ1n) is 9.18. The van der Waals surface area contributed by atoms with Crippen LogP contribution >= 0.6 is 11.6 Å². The number of imide groups is 1. The molecule has 0 bridgehead atoms. The molecular formula is C20H20ClN3O4. The maximum Gasteiger partial charge on any atom is 0.289 e. The van der Waals surface area contributed by atoms with Gasteiger partial charge in [-0.1, -0.05) is 23.7 Å². The minimum Gasteiger partial charge on any atom is -0.459 e. The van der Waals surface area contributed by atoms with Crippen LogP contribution in [0.1, 0.15) is 22.5 Å². The molecule has 28 heavy (non-hydrogen) atoms. The molecule has 2 aromatic rings. The van der Waals surface area contributed by atoms with E-state index in [2.05, 4.69) is 0 Å². The molecule has 1 atom stereocenters. The Kier molecular flexibility index (Phi) is 5.19. The zero-order chi connectivity index (χ0) is 19.7. The Bertz CT molecular complexity index is 873. The van der Waals surface area contributed by atoms with Gasteiger partial charge in [-0.05, 0) is 29.8 Å². The van der Waals surface area contributed by atoms with Crippen LogP contribution in [0.25, 0.3) is 0 Å². The van der Waals surface area contributed by atoms with E-state index in [1.54, 1.807) is 29.2 Å². The van der Waals surface area contributed by atoms with Crippen LogP contribution in [0.3, 0.4) is 0 Å². The fraction of sp³-hybridized carbons (Fsp3) is 0.350. The van der Waals surface area contributed by atoms with Gasteiger partial charge in [0.05, 0.1) is 25.3 Å². The fourth-order valence-electron chi connectivity index (χ4n) is 3.68. The van der Waals surface area contributed by atoms with E-state index in [-0.39, 0.29) is 30.7 Å². The Morgan fingerprint density at radius 1 is 1.07 bits per heavy atom. The normalized spacial score (nSPS) is 20.8. The summed E-state index contributed by atoms with van der Waals surface area (Å²) >= 11 is 5.89. The molecule has 146 valence electrons. The lowest BCUT2D eigenvalue weighted by molar-refractivity contribution is -0.140. The lowest BCUT2D eigenvalue weighted by Crippen LogP contribution is -2.53. The molecular weight excluding hydrogens is 382 g/mol. The summed E-state index contributed by atoms with van der Waals surface area (Å²) in [5.41, 5.74) is 0.862. The molecule has 2 aliphatic heterocycles. The van der Waals surface area contributed by atoms with Crippen LogP contribution in [0.2, 0.25) is 5.02 Å². The summed E-state index contributed by atoms with van der Waals surface area (Å²) in [5.74, 6) is -0.178. The first kappa shape index (κ1) is 18.7. The molecule has 1 aromatic heterocycles. The van der Waals surface area contributed by atoms with Crippen LogP contribution < -0.4 is 0 Å². The van der Waals surface area contributed by atoms with E-state index in [0.717, 1.165) is 5.56 Å². The van der Waals surface area contributed by atoms with E-state index in [9.17, 15) is 14.4 Å². The van der Waals surface area contributed by atoms with E-state index in [1.165, 1.54) is 11.2 Å². The van der Waals surface area contributed by atoms with Crippen molar-refractivity contribution in [2.45, 2.75) is 19.0 Å². The number of halogens is 1. The van der Waals surface area contributed by atoms with Gasteiger partial charge in [0.2, 0.25) is 11.8 Å². The molecule has 0 N–H and O–H groups in total. The molecule has 2 aliphatic rings. The van der Waals surface area contributed by atoms with Crippen molar-refractivity contribution >= 4 is 29.3 Å².